The van der Waals surface area contributed by atoms with Crippen molar-refractivity contribution in [1.29, 1.82) is 0 Å². The highest BCUT2D eigenvalue weighted by Gasteiger charge is 2.19. The smallest absolute Gasteiger partial charge is 0.423 e. The molecular formula is C8H9BFN3O2. The van der Waals surface area contributed by atoms with Crippen molar-refractivity contribution in [1.82, 2.24) is 15.0 Å². The molecule has 0 aliphatic carbocycles. The van der Waals surface area contributed by atoms with Gasteiger partial charge in [0.05, 0.1) is 5.52 Å². The molecule has 0 aliphatic rings. The number of nitrogens with zero attached hydrogens (tertiary/aromatic N) is 3. The van der Waals surface area contributed by atoms with E-state index in [1.807, 2.05) is 6.92 Å². The van der Waals surface area contributed by atoms with Crippen molar-refractivity contribution in [3.05, 3.63) is 17.9 Å². The van der Waals surface area contributed by atoms with Crippen molar-refractivity contribution < 1.29 is 14.4 Å². The summed E-state index contributed by atoms with van der Waals surface area (Å²) < 4.78 is 14.9. The number of fused-ring (bicyclic) bond motifs is 1. The van der Waals surface area contributed by atoms with E-state index in [-0.39, 0.29) is 5.46 Å². The van der Waals surface area contributed by atoms with Crippen LogP contribution in [0.2, 0.25) is 0 Å². The molecule has 0 aliphatic heterocycles. The van der Waals surface area contributed by atoms with Crippen molar-refractivity contribution in [2.24, 2.45) is 0 Å². The van der Waals surface area contributed by atoms with Gasteiger partial charge in [-0.05, 0) is 13.0 Å². The van der Waals surface area contributed by atoms with Crippen molar-refractivity contribution in [3.63, 3.8) is 0 Å². The molecule has 78 valence electrons. The number of halogens is 1. The first-order valence-corrected chi connectivity index (χ1v) is 4.52. The Morgan fingerprint density at radius 2 is 2.20 bits per heavy atom. The Morgan fingerprint density at radius 3 is 2.80 bits per heavy atom. The molecule has 2 rings (SSSR count). The molecule has 5 nitrogen and oxygen atoms in total. The predicted octanol–water partition coefficient (Wildman–Crippen LogP) is -0.730. The van der Waals surface area contributed by atoms with E-state index in [0.29, 0.717) is 17.6 Å². The Balaban J connectivity index is 2.67. The first-order chi connectivity index (χ1) is 7.13. The molecule has 1 aromatic heterocycles. The third-order valence-corrected chi connectivity index (χ3v) is 2.21. The summed E-state index contributed by atoms with van der Waals surface area (Å²) in [7, 11) is -1.83. The van der Waals surface area contributed by atoms with Crippen LogP contribution in [0.4, 0.5) is 4.39 Å². The summed E-state index contributed by atoms with van der Waals surface area (Å²) in [5, 5.41) is 25.4. The summed E-state index contributed by atoms with van der Waals surface area (Å²) in [6, 6.07) is 2.49. The summed E-state index contributed by atoms with van der Waals surface area (Å²) >= 11 is 0. The number of hydrogen-bond acceptors (Lipinski definition) is 4. The number of aryl methyl sites for hydroxylation is 1. The second kappa shape index (κ2) is 3.60. The monoisotopic (exact) mass is 209 g/mol. The zero-order chi connectivity index (χ0) is 11.0. The second-order valence-electron chi connectivity index (χ2n) is 3.14. The van der Waals surface area contributed by atoms with Crippen LogP contribution in [0.3, 0.4) is 0 Å². The van der Waals surface area contributed by atoms with Crippen LogP contribution in [0.1, 0.15) is 6.92 Å². The maximum absolute atomic E-state index is 13.4. The van der Waals surface area contributed by atoms with Gasteiger partial charge in [0.2, 0.25) is 0 Å². The molecular weight excluding hydrogens is 200 g/mol. The van der Waals surface area contributed by atoms with Crippen molar-refractivity contribution in [3.8, 4) is 0 Å². The number of benzene rings is 1. The summed E-state index contributed by atoms with van der Waals surface area (Å²) in [4.78, 5) is 0. The maximum Gasteiger partial charge on any atom is 0.491 e. The molecule has 2 aromatic rings. The summed E-state index contributed by atoms with van der Waals surface area (Å²) in [5.74, 6) is -0.672. The lowest BCUT2D eigenvalue weighted by atomic mass is 9.80. The average Bonchev–Trinajstić information content (AvgIpc) is 2.58. The van der Waals surface area contributed by atoms with Gasteiger partial charge in [-0.15, -0.1) is 5.10 Å². The summed E-state index contributed by atoms with van der Waals surface area (Å²) in [6.07, 6.45) is 0. The van der Waals surface area contributed by atoms with Gasteiger partial charge in [-0.3, -0.25) is 0 Å². The van der Waals surface area contributed by atoms with Crippen LogP contribution >= 0.6 is 0 Å². The third kappa shape index (κ3) is 1.59. The van der Waals surface area contributed by atoms with Crippen LogP contribution < -0.4 is 5.46 Å². The van der Waals surface area contributed by atoms with E-state index in [9.17, 15) is 4.39 Å². The third-order valence-electron chi connectivity index (χ3n) is 2.21. The van der Waals surface area contributed by atoms with Crippen molar-refractivity contribution in [2.75, 3.05) is 0 Å². The lowest BCUT2D eigenvalue weighted by molar-refractivity contribution is 0.423. The SMILES string of the molecule is CCn1nnc2cc(B(O)O)c(F)cc21. The average molecular weight is 209 g/mol. The van der Waals surface area contributed by atoms with Gasteiger partial charge < -0.3 is 10.0 Å². The fraction of sp³-hybridized carbons (Fsp3) is 0.250. The Hall–Kier alpha value is -1.47. The number of aromatic nitrogens is 3. The number of rotatable bonds is 2. The normalized spacial score (nSPS) is 10.9. The van der Waals surface area contributed by atoms with E-state index < -0.39 is 12.9 Å². The molecule has 0 saturated heterocycles. The lowest BCUT2D eigenvalue weighted by Crippen LogP contribution is -2.32. The Morgan fingerprint density at radius 1 is 1.47 bits per heavy atom. The van der Waals surface area contributed by atoms with E-state index >= 15 is 0 Å². The zero-order valence-electron chi connectivity index (χ0n) is 8.05. The standard InChI is InChI=1S/C8H9BFN3O2/c1-2-13-8-4-6(10)5(9(14)15)3-7(8)11-12-13/h3-4,14-15H,2H2,1H3. The van der Waals surface area contributed by atoms with Crippen molar-refractivity contribution >= 4 is 23.6 Å². The Bertz CT molecular complexity index is 500. The van der Waals surface area contributed by atoms with Gasteiger partial charge in [-0.2, -0.15) is 0 Å². The van der Waals surface area contributed by atoms with Crippen LogP contribution in [-0.4, -0.2) is 32.2 Å². The van der Waals surface area contributed by atoms with E-state index in [0.717, 1.165) is 0 Å². The second-order valence-corrected chi connectivity index (χ2v) is 3.14. The van der Waals surface area contributed by atoms with Crippen LogP contribution in [0.15, 0.2) is 12.1 Å². The molecule has 0 unspecified atom stereocenters. The van der Waals surface area contributed by atoms with Crippen LogP contribution in [0.25, 0.3) is 11.0 Å². The first kappa shape index (κ1) is 10.1. The van der Waals surface area contributed by atoms with Gasteiger partial charge >= 0.3 is 7.12 Å². The molecule has 0 atom stereocenters. The highest BCUT2D eigenvalue weighted by atomic mass is 19.1. The Kier molecular flexibility index (Phi) is 2.41. The van der Waals surface area contributed by atoms with Gasteiger partial charge in [0.1, 0.15) is 11.3 Å². The maximum atomic E-state index is 13.4. The molecule has 2 N–H and O–H groups in total. The molecule has 7 heteroatoms. The Labute approximate surface area is 85.3 Å². The van der Waals surface area contributed by atoms with Crippen LogP contribution in [0, 0.1) is 5.82 Å². The van der Waals surface area contributed by atoms with E-state index in [4.69, 9.17) is 10.0 Å². The van der Waals surface area contributed by atoms with Gasteiger partial charge in [0.25, 0.3) is 0 Å². The van der Waals surface area contributed by atoms with Gasteiger partial charge in [0.15, 0.2) is 0 Å². The molecule has 0 spiro atoms. The number of hydrogen-bond donors (Lipinski definition) is 2. The van der Waals surface area contributed by atoms with Crippen LogP contribution in [-0.2, 0) is 6.54 Å². The first-order valence-electron chi connectivity index (χ1n) is 4.52. The largest absolute Gasteiger partial charge is 0.491 e. The van der Waals surface area contributed by atoms with Gasteiger partial charge in [0, 0.05) is 18.1 Å². The summed E-state index contributed by atoms with van der Waals surface area (Å²) in [5.41, 5.74) is 0.798. The topological polar surface area (TPSA) is 71.2 Å². The molecule has 0 radical (unpaired) electrons. The van der Waals surface area contributed by atoms with E-state index in [1.165, 1.54) is 16.8 Å². The fourth-order valence-corrected chi connectivity index (χ4v) is 1.44. The molecule has 0 saturated carbocycles. The predicted molar refractivity (Wildman–Crippen MR) is 53.0 cm³/mol. The van der Waals surface area contributed by atoms with Crippen molar-refractivity contribution in [2.45, 2.75) is 13.5 Å². The van der Waals surface area contributed by atoms with Crippen LogP contribution in [0.5, 0.6) is 0 Å². The molecule has 0 bridgehead atoms. The van der Waals surface area contributed by atoms with Gasteiger partial charge in [-0.1, -0.05) is 5.21 Å². The molecule has 15 heavy (non-hydrogen) atoms. The minimum absolute atomic E-state index is 0.189. The van der Waals surface area contributed by atoms with Gasteiger partial charge in [-0.25, -0.2) is 9.07 Å². The minimum atomic E-state index is -1.83. The van der Waals surface area contributed by atoms with E-state index in [2.05, 4.69) is 10.3 Å². The van der Waals surface area contributed by atoms with E-state index in [1.54, 1.807) is 0 Å². The lowest BCUT2D eigenvalue weighted by Gasteiger charge is -2.02. The minimum Gasteiger partial charge on any atom is -0.423 e. The molecule has 1 heterocycles. The highest BCUT2D eigenvalue weighted by Crippen LogP contribution is 2.11. The zero-order valence-corrected chi connectivity index (χ0v) is 8.05. The summed E-state index contributed by atoms with van der Waals surface area (Å²) in [6.45, 7) is 2.44. The fourth-order valence-electron chi connectivity index (χ4n) is 1.44. The molecule has 1 aromatic carbocycles. The molecule has 0 amide bonds. The quantitative estimate of drug-likeness (QED) is 0.639. The molecule has 0 fully saturated rings. The highest BCUT2D eigenvalue weighted by molar-refractivity contribution is 6.59.